The Labute approximate surface area is 91.6 Å². The van der Waals surface area contributed by atoms with Crippen LogP contribution in [0.15, 0.2) is 24.3 Å². The zero-order chi connectivity index (χ0) is 11.1. The zero-order valence-electron chi connectivity index (χ0n) is 9.29. The molecule has 0 spiro atoms. The SMILES string of the molecule is C#CC(C)NCc1ccc(OCC)cc1. The Bertz CT molecular complexity index is 323. The molecule has 0 bridgehead atoms. The van der Waals surface area contributed by atoms with Crippen molar-refractivity contribution in [1.82, 2.24) is 5.32 Å². The second-order valence-electron chi connectivity index (χ2n) is 3.35. The molecule has 0 aliphatic heterocycles. The highest BCUT2D eigenvalue weighted by Gasteiger charge is 1.97. The molecule has 2 heteroatoms. The Hall–Kier alpha value is -1.46. The monoisotopic (exact) mass is 203 g/mol. The molecule has 2 nitrogen and oxygen atoms in total. The summed E-state index contributed by atoms with van der Waals surface area (Å²) in [5.74, 6) is 3.54. The van der Waals surface area contributed by atoms with Gasteiger partial charge in [-0.2, -0.15) is 0 Å². The first-order valence-electron chi connectivity index (χ1n) is 5.17. The van der Waals surface area contributed by atoms with Gasteiger partial charge in [0.2, 0.25) is 0 Å². The normalized spacial score (nSPS) is 11.8. The van der Waals surface area contributed by atoms with E-state index in [2.05, 4.69) is 11.2 Å². The lowest BCUT2D eigenvalue weighted by Gasteiger charge is -2.08. The summed E-state index contributed by atoms with van der Waals surface area (Å²) >= 11 is 0. The largest absolute Gasteiger partial charge is 0.494 e. The van der Waals surface area contributed by atoms with Crippen molar-refractivity contribution in [3.63, 3.8) is 0 Å². The maximum Gasteiger partial charge on any atom is 0.119 e. The number of benzene rings is 1. The van der Waals surface area contributed by atoms with E-state index in [9.17, 15) is 0 Å². The summed E-state index contributed by atoms with van der Waals surface area (Å²) in [4.78, 5) is 0. The molecule has 0 saturated heterocycles. The summed E-state index contributed by atoms with van der Waals surface area (Å²) in [6.07, 6.45) is 5.27. The van der Waals surface area contributed by atoms with Crippen LogP contribution in [0.25, 0.3) is 0 Å². The second-order valence-corrected chi connectivity index (χ2v) is 3.35. The highest BCUT2D eigenvalue weighted by Crippen LogP contribution is 2.11. The van der Waals surface area contributed by atoms with Gasteiger partial charge in [-0.3, -0.25) is 5.32 Å². The summed E-state index contributed by atoms with van der Waals surface area (Å²) in [6, 6.07) is 8.14. The number of hydrogen-bond acceptors (Lipinski definition) is 2. The Kier molecular flexibility index (Phi) is 4.73. The third kappa shape index (κ3) is 4.05. The maximum absolute atomic E-state index is 5.35. The quantitative estimate of drug-likeness (QED) is 0.741. The fourth-order valence-corrected chi connectivity index (χ4v) is 1.20. The predicted molar refractivity (Wildman–Crippen MR) is 62.7 cm³/mol. The van der Waals surface area contributed by atoms with E-state index in [1.54, 1.807) is 0 Å². The molecule has 0 aliphatic carbocycles. The topological polar surface area (TPSA) is 21.3 Å². The van der Waals surface area contributed by atoms with Gasteiger partial charge in [-0.25, -0.2) is 0 Å². The van der Waals surface area contributed by atoms with Gasteiger partial charge in [0.05, 0.1) is 12.6 Å². The summed E-state index contributed by atoms with van der Waals surface area (Å²) in [5, 5.41) is 3.22. The molecule has 1 rings (SSSR count). The number of rotatable bonds is 5. The van der Waals surface area contributed by atoms with Crippen molar-refractivity contribution in [3.8, 4) is 18.1 Å². The van der Waals surface area contributed by atoms with Gasteiger partial charge in [0.15, 0.2) is 0 Å². The molecule has 0 saturated carbocycles. The number of terminal acetylenes is 1. The molecule has 1 aromatic rings. The van der Waals surface area contributed by atoms with E-state index in [1.807, 2.05) is 38.1 Å². The predicted octanol–water partition coefficient (Wildman–Crippen LogP) is 2.20. The third-order valence-corrected chi connectivity index (χ3v) is 2.10. The number of nitrogens with one attached hydrogen (secondary N) is 1. The molecule has 1 aromatic carbocycles. The minimum Gasteiger partial charge on any atom is -0.494 e. The van der Waals surface area contributed by atoms with Gasteiger partial charge in [-0.15, -0.1) is 6.42 Å². The van der Waals surface area contributed by atoms with Crippen LogP contribution < -0.4 is 10.1 Å². The van der Waals surface area contributed by atoms with Gasteiger partial charge in [0.25, 0.3) is 0 Å². The molecule has 0 aliphatic rings. The van der Waals surface area contributed by atoms with Crippen molar-refractivity contribution in [2.24, 2.45) is 0 Å². The van der Waals surface area contributed by atoms with Gasteiger partial charge in [-0.05, 0) is 31.5 Å². The fraction of sp³-hybridized carbons (Fsp3) is 0.385. The second kappa shape index (κ2) is 6.10. The smallest absolute Gasteiger partial charge is 0.119 e. The van der Waals surface area contributed by atoms with Crippen LogP contribution in [0.3, 0.4) is 0 Å². The summed E-state index contributed by atoms with van der Waals surface area (Å²) in [6.45, 7) is 5.43. The van der Waals surface area contributed by atoms with E-state index in [4.69, 9.17) is 11.2 Å². The lowest BCUT2D eigenvalue weighted by Crippen LogP contribution is -2.23. The molecule has 0 fully saturated rings. The van der Waals surface area contributed by atoms with E-state index in [0.717, 1.165) is 12.3 Å². The third-order valence-electron chi connectivity index (χ3n) is 2.10. The van der Waals surface area contributed by atoms with Crippen LogP contribution in [0.4, 0.5) is 0 Å². The van der Waals surface area contributed by atoms with Crippen LogP contribution in [0.1, 0.15) is 19.4 Å². The molecular weight excluding hydrogens is 186 g/mol. The zero-order valence-corrected chi connectivity index (χ0v) is 9.29. The summed E-state index contributed by atoms with van der Waals surface area (Å²) in [7, 11) is 0. The van der Waals surface area contributed by atoms with Crippen molar-refractivity contribution >= 4 is 0 Å². The van der Waals surface area contributed by atoms with Gasteiger partial charge in [0.1, 0.15) is 5.75 Å². The number of hydrogen-bond donors (Lipinski definition) is 1. The van der Waals surface area contributed by atoms with Crippen LogP contribution >= 0.6 is 0 Å². The van der Waals surface area contributed by atoms with Crippen LogP contribution in [0.2, 0.25) is 0 Å². The van der Waals surface area contributed by atoms with Crippen LogP contribution in [0.5, 0.6) is 5.75 Å². The van der Waals surface area contributed by atoms with Gasteiger partial charge in [-0.1, -0.05) is 18.1 Å². The Morgan fingerprint density at radius 2 is 2.07 bits per heavy atom. The van der Waals surface area contributed by atoms with Crippen LogP contribution in [0, 0.1) is 12.3 Å². The van der Waals surface area contributed by atoms with Crippen LogP contribution in [-0.2, 0) is 6.54 Å². The lowest BCUT2D eigenvalue weighted by molar-refractivity contribution is 0.340. The van der Waals surface area contributed by atoms with Gasteiger partial charge in [0, 0.05) is 6.54 Å². The Morgan fingerprint density at radius 1 is 1.40 bits per heavy atom. The van der Waals surface area contributed by atoms with Crippen LogP contribution in [-0.4, -0.2) is 12.6 Å². The average Bonchev–Trinajstić information content (AvgIpc) is 2.28. The molecule has 1 unspecified atom stereocenters. The van der Waals surface area contributed by atoms with E-state index >= 15 is 0 Å². The van der Waals surface area contributed by atoms with Crippen molar-refractivity contribution < 1.29 is 4.74 Å². The standard InChI is InChI=1S/C13H17NO/c1-4-11(3)14-10-12-6-8-13(9-7-12)15-5-2/h1,6-9,11,14H,5,10H2,2-3H3. The highest BCUT2D eigenvalue weighted by atomic mass is 16.5. The highest BCUT2D eigenvalue weighted by molar-refractivity contribution is 5.27. The van der Waals surface area contributed by atoms with Crippen molar-refractivity contribution in [2.45, 2.75) is 26.4 Å². The molecule has 1 N–H and O–H groups in total. The van der Waals surface area contributed by atoms with Crippen molar-refractivity contribution in [2.75, 3.05) is 6.61 Å². The van der Waals surface area contributed by atoms with Crippen molar-refractivity contribution in [1.29, 1.82) is 0 Å². The molecule has 0 amide bonds. The maximum atomic E-state index is 5.35. The Balaban J connectivity index is 2.46. The first kappa shape index (κ1) is 11.6. The lowest BCUT2D eigenvalue weighted by atomic mass is 10.2. The molecule has 0 radical (unpaired) electrons. The first-order chi connectivity index (χ1) is 7.26. The number of ether oxygens (including phenoxy) is 1. The van der Waals surface area contributed by atoms with Gasteiger partial charge < -0.3 is 4.74 Å². The molecule has 0 aromatic heterocycles. The van der Waals surface area contributed by atoms with E-state index in [0.29, 0.717) is 6.61 Å². The average molecular weight is 203 g/mol. The van der Waals surface area contributed by atoms with E-state index in [1.165, 1.54) is 5.56 Å². The van der Waals surface area contributed by atoms with Gasteiger partial charge >= 0.3 is 0 Å². The van der Waals surface area contributed by atoms with E-state index in [-0.39, 0.29) is 6.04 Å². The van der Waals surface area contributed by atoms with Crippen molar-refractivity contribution in [3.05, 3.63) is 29.8 Å². The minimum atomic E-state index is 0.108. The molecule has 1 atom stereocenters. The minimum absolute atomic E-state index is 0.108. The molecule has 15 heavy (non-hydrogen) atoms. The fourth-order valence-electron chi connectivity index (χ4n) is 1.20. The van der Waals surface area contributed by atoms with E-state index < -0.39 is 0 Å². The first-order valence-corrected chi connectivity index (χ1v) is 5.17. The summed E-state index contributed by atoms with van der Waals surface area (Å²) < 4.78 is 5.35. The summed E-state index contributed by atoms with van der Waals surface area (Å²) in [5.41, 5.74) is 1.21. The molecular formula is C13H17NO. The molecule has 0 heterocycles. The Morgan fingerprint density at radius 3 is 2.60 bits per heavy atom. The molecule has 80 valence electrons.